The molecule has 0 fully saturated rings. The van der Waals surface area contributed by atoms with Crippen molar-refractivity contribution < 1.29 is 9.53 Å². The predicted octanol–water partition coefficient (Wildman–Crippen LogP) is 2.64. The number of ether oxygens (including phenoxy) is 1. The Kier molecular flexibility index (Phi) is 4.40. The van der Waals surface area contributed by atoms with Crippen LogP contribution in [0.5, 0.6) is 0 Å². The molecule has 1 aromatic carbocycles. The molecule has 0 amide bonds. The van der Waals surface area contributed by atoms with Gasteiger partial charge >= 0.3 is 5.97 Å². The summed E-state index contributed by atoms with van der Waals surface area (Å²) in [4.78, 5) is 11.4. The Morgan fingerprint density at radius 1 is 1.43 bits per heavy atom. The van der Waals surface area contributed by atoms with Crippen LogP contribution in [0.4, 0.5) is 0 Å². The van der Waals surface area contributed by atoms with Crippen molar-refractivity contribution >= 4 is 27.5 Å². The lowest BCUT2D eigenvalue weighted by atomic mass is 10.1. The highest BCUT2D eigenvalue weighted by molar-refractivity contribution is 9.09. The maximum Gasteiger partial charge on any atom is 0.338 e. The van der Waals surface area contributed by atoms with Crippen LogP contribution in [-0.2, 0) is 9.53 Å². The summed E-state index contributed by atoms with van der Waals surface area (Å²) < 4.78 is 4.69. The number of allylic oxidation sites excluding steroid dienone is 1. The van der Waals surface area contributed by atoms with Crippen LogP contribution in [0.2, 0.25) is 0 Å². The first-order chi connectivity index (χ1) is 6.79. The van der Waals surface area contributed by atoms with Gasteiger partial charge in [0.25, 0.3) is 0 Å². The fraction of sp³-hybridized carbons (Fsp3) is 0.182. The Labute approximate surface area is 91.7 Å². The van der Waals surface area contributed by atoms with Gasteiger partial charge in [0.1, 0.15) is 0 Å². The molecule has 0 spiro atoms. The number of alkyl halides is 1. The fourth-order valence-electron chi connectivity index (χ4n) is 1.12. The minimum absolute atomic E-state index is 0.310. The van der Waals surface area contributed by atoms with E-state index < -0.39 is 0 Å². The largest absolute Gasteiger partial charge is 0.465 e. The maximum absolute atomic E-state index is 11.4. The molecule has 0 saturated heterocycles. The molecule has 0 saturated carbocycles. The number of carbonyl (C=O) groups excluding carboxylic acids is 1. The van der Waals surface area contributed by atoms with Crippen LogP contribution in [0.15, 0.2) is 36.4 Å². The van der Waals surface area contributed by atoms with Gasteiger partial charge in [0.15, 0.2) is 0 Å². The topological polar surface area (TPSA) is 26.3 Å². The molecule has 0 aliphatic heterocycles. The molecule has 0 aliphatic rings. The number of halogens is 1. The van der Waals surface area contributed by atoms with E-state index in [0.717, 1.165) is 5.56 Å². The van der Waals surface area contributed by atoms with Gasteiger partial charge in [-0.05, 0) is 5.56 Å². The third-order valence-electron chi connectivity index (χ3n) is 1.77. The summed E-state index contributed by atoms with van der Waals surface area (Å²) in [6, 6.07) is 9.45. The van der Waals surface area contributed by atoms with Crippen LogP contribution in [-0.4, -0.2) is 18.4 Å². The number of benzene rings is 1. The van der Waals surface area contributed by atoms with Crippen molar-refractivity contribution in [2.24, 2.45) is 0 Å². The molecule has 0 aliphatic carbocycles. The van der Waals surface area contributed by atoms with Crippen molar-refractivity contribution in [3.8, 4) is 0 Å². The van der Waals surface area contributed by atoms with E-state index >= 15 is 0 Å². The zero-order chi connectivity index (χ0) is 10.4. The Hall–Kier alpha value is -1.09. The van der Waals surface area contributed by atoms with E-state index in [-0.39, 0.29) is 5.97 Å². The molecule has 0 atom stereocenters. The number of esters is 1. The van der Waals surface area contributed by atoms with Gasteiger partial charge in [0.05, 0.1) is 12.7 Å². The molecule has 1 aromatic rings. The van der Waals surface area contributed by atoms with Gasteiger partial charge in [-0.1, -0.05) is 52.3 Å². The zero-order valence-electron chi connectivity index (χ0n) is 7.87. The van der Waals surface area contributed by atoms with Gasteiger partial charge < -0.3 is 4.74 Å². The summed E-state index contributed by atoms with van der Waals surface area (Å²) in [5.41, 5.74) is 1.46. The van der Waals surface area contributed by atoms with Crippen LogP contribution in [0, 0.1) is 0 Å². The molecule has 1 rings (SSSR count). The van der Waals surface area contributed by atoms with Crippen LogP contribution < -0.4 is 0 Å². The molecule has 0 heterocycles. The minimum atomic E-state index is -0.310. The molecule has 0 unspecified atom stereocenters. The van der Waals surface area contributed by atoms with Gasteiger partial charge in [0, 0.05) is 5.33 Å². The van der Waals surface area contributed by atoms with Crippen molar-refractivity contribution in [3.63, 3.8) is 0 Å². The minimum Gasteiger partial charge on any atom is -0.465 e. The first kappa shape index (κ1) is 11.0. The van der Waals surface area contributed by atoms with E-state index in [2.05, 4.69) is 15.9 Å². The Bertz CT molecular complexity index is 330. The second-order valence-corrected chi connectivity index (χ2v) is 3.28. The van der Waals surface area contributed by atoms with Crippen molar-refractivity contribution in [2.45, 2.75) is 0 Å². The van der Waals surface area contributed by atoms with Gasteiger partial charge in [-0.2, -0.15) is 0 Å². The monoisotopic (exact) mass is 254 g/mol. The summed E-state index contributed by atoms with van der Waals surface area (Å²) in [6.07, 6.45) is 1.79. The normalized spacial score (nSPS) is 11.1. The van der Waals surface area contributed by atoms with Gasteiger partial charge in [-0.25, -0.2) is 4.79 Å². The average Bonchev–Trinajstić information content (AvgIpc) is 2.26. The zero-order valence-corrected chi connectivity index (χ0v) is 9.45. The quantitative estimate of drug-likeness (QED) is 0.471. The van der Waals surface area contributed by atoms with E-state index in [1.54, 1.807) is 6.08 Å². The lowest BCUT2D eigenvalue weighted by molar-refractivity contribution is -0.133. The lowest BCUT2D eigenvalue weighted by Gasteiger charge is -2.04. The van der Waals surface area contributed by atoms with Gasteiger partial charge in [-0.3, -0.25) is 0 Å². The SMILES string of the molecule is COC(=O)C(=CCBr)c1ccccc1. The van der Waals surface area contributed by atoms with E-state index in [1.165, 1.54) is 7.11 Å². The predicted molar refractivity (Wildman–Crippen MR) is 60.2 cm³/mol. The number of rotatable bonds is 3. The van der Waals surface area contributed by atoms with Gasteiger partial charge in [-0.15, -0.1) is 0 Å². The second-order valence-electron chi connectivity index (χ2n) is 2.63. The molecule has 2 nitrogen and oxygen atoms in total. The molecule has 14 heavy (non-hydrogen) atoms. The number of carbonyl (C=O) groups is 1. The average molecular weight is 255 g/mol. The third-order valence-corrected chi connectivity index (χ3v) is 2.10. The number of methoxy groups -OCH3 is 1. The first-order valence-electron chi connectivity index (χ1n) is 4.19. The van der Waals surface area contributed by atoms with E-state index in [9.17, 15) is 4.79 Å². The summed E-state index contributed by atoms with van der Waals surface area (Å²) in [7, 11) is 1.38. The second kappa shape index (κ2) is 5.60. The van der Waals surface area contributed by atoms with Crippen LogP contribution in [0.3, 0.4) is 0 Å². The maximum atomic E-state index is 11.4. The Balaban J connectivity index is 3.02. The van der Waals surface area contributed by atoms with Crippen LogP contribution in [0.1, 0.15) is 5.56 Å². The molecule has 0 bridgehead atoms. The molecule has 0 aromatic heterocycles. The summed E-state index contributed by atoms with van der Waals surface area (Å²) in [5, 5.41) is 0.631. The highest BCUT2D eigenvalue weighted by Crippen LogP contribution is 2.15. The van der Waals surface area contributed by atoms with Crippen molar-refractivity contribution in [1.82, 2.24) is 0 Å². The first-order valence-corrected chi connectivity index (χ1v) is 5.31. The van der Waals surface area contributed by atoms with Crippen molar-refractivity contribution in [1.29, 1.82) is 0 Å². The molecular formula is C11H11BrO2. The number of hydrogen-bond acceptors (Lipinski definition) is 2. The van der Waals surface area contributed by atoms with E-state index in [4.69, 9.17) is 4.74 Å². The van der Waals surface area contributed by atoms with E-state index in [0.29, 0.717) is 10.9 Å². The van der Waals surface area contributed by atoms with Crippen LogP contribution in [0.25, 0.3) is 5.57 Å². The fourth-order valence-corrected chi connectivity index (χ4v) is 1.45. The molecule has 0 radical (unpaired) electrons. The molecule has 74 valence electrons. The Morgan fingerprint density at radius 3 is 2.57 bits per heavy atom. The van der Waals surface area contributed by atoms with E-state index in [1.807, 2.05) is 30.3 Å². The lowest BCUT2D eigenvalue weighted by Crippen LogP contribution is -2.04. The molecule has 0 N–H and O–H groups in total. The molecule has 3 heteroatoms. The molecular weight excluding hydrogens is 244 g/mol. The Morgan fingerprint density at radius 2 is 2.07 bits per heavy atom. The van der Waals surface area contributed by atoms with Crippen molar-refractivity contribution in [2.75, 3.05) is 12.4 Å². The standard InChI is InChI=1S/C11H11BrO2/c1-14-11(13)10(7-8-12)9-5-3-2-4-6-9/h2-7H,8H2,1H3. The summed E-state index contributed by atoms with van der Waals surface area (Å²) in [5.74, 6) is -0.310. The third kappa shape index (κ3) is 2.70. The number of hydrogen-bond donors (Lipinski definition) is 0. The summed E-state index contributed by atoms with van der Waals surface area (Å²) in [6.45, 7) is 0. The highest BCUT2D eigenvalue weighted by Gasteiger charge is 2.10. The smallest absolute Gasteiger partial charge is 0.338 e. The highest BCUT2D eigenvalue weighted by atomic mass is 79.9. The van der Waals surface area contributed by atoms with Crippen molar-refractivity contribution in [3.05, 3.63) is 42.0 Å². The van der Waals surface area contributed by atoms with Gasteiger partial charge in [0.2, 0.25) is 0 Å². The van der Waals surface area contributed by atoms with Crippen LogP contribution >= 0.6 is 15.9 Å². The summed E-state index contributed by atoms with van der Waals surface area (Å²) >= 11 is 3.26.